The Hall–Kier alpha value is -2.22. The van der Waals surface area contributed by atoms with Gasteiger partial charge in [0, 0.05) is 24.6 Å². The van der Waals surface area contributed by atoms with Crippen molar-refractivity contribution >= 4 is 5.82 Å². The largest absolute Gasteiger partial charge is 0.394 e. The second-order valence-corrected chi connectivity index (χ2v) is 5.64. The van der Waals surface area contributed by atoms with Gasteiger partial charge >= 0.3 is 5.69 Å². The zero-order valence-electron chi connectivity index (χ0n) is 12.5. The van der Waals surface area contributed by atoms with Crippen molar-refractivity contribution in [3.63, 3.8) is 0 Å². The van der Waals surface area contributed by atoms with Gasteiger partial charge in [-0.2, -0.15) is 4.98 Å². The van der Waals surface area contributed by atoms with E-state index in [4.69, 9.17) is 15.6 Å². The molecule has 4 N–H and O–H groups in total. The van der Waals surface area contributed by atoms with E-state index in [0.29, 0.717) is 12.0 Å². The molecule has 0 saturated carbocycles. The maximum Gasteiger partial charge on any atom is 0.351 e. The lowest BCUT2D eigenvalue weighted by molar-refractivity contribution is -0.0530. The molecule has 0 radical (unpaired) electrons. The number of aliphatic hydroxyl groups excluding tert-OH is 2. The number of rotatable bonds is 4. The molecule has 7 heteroatoms. The van der Waals surface area contributed by atoms with Crippen LogP contribution in [-0.4, -0.2) is 38.6 Å². The van der Waals surface area contributed by atoms with Gasteiger partial charge in [-0.05, 0) is 5.56 Å². The molecule has 3 atom stereocenters. The van der Waals surface area contributed by atoms with Crippen molar-refractivity contribution in [3.8, 4) is 0 Å². The average Bonchev–Trinajstić information content (AvgIpc) is 2.92. The van der Waals surface area contributed by atoms with E-state index in [1.165, 1.54) is 4.57 Å². The van der Waals surface area contributed by atoms with Gasteiger partial charge in [0.25, 0.3) is 0 Å². The molecule has 2 aromatic rings. The fourth-order valence-corrected chi connectivity index (χ4v) is 2.75. The number of aliphatic hydroxyl groups is 2. The highest BCUT2D eigenvalue weighted by Gasteiger charge is 2.35. The SMILES string of the molecule is Nc1nc(=O)n([C@@H]2O[C@H](CO)C[C@H]2O)cc1Cc1ccccc1. The van der Waals surface area contributed by atoms with E-state index >= 15 is 0 Å². The van der Waals surface area contributed by atoms with Crippen LogP contribution >= 0.6 is 0 Å². The van der Waals surface area contributed by atoms with Crippen LogP contribution in [0.1, 0.15) is 23.8 Å². The molecule has 3 rings (SSSR count). The average molecular weight is 317 g/mol. The Labute approximate surface area is 133 Å². The maximum absolute atomic E-state index is 12.1. The minimum absolute atomic E-state index is 0.168. The third-order valence-electron chi connectivity index (χ3n) is 3.94. The van der Waals surface area contributed by atoms with E-state index < -0.39 is 24.1 Å². The molecule has 7 nitrogen and oxygen atoms in total. The molecule has 1 aliphatic heterocycles. The fourth-order valence-electron chi connectivity index (χ4n) is 2.75. The zero-order chi connectivity index (χ0) is 16.4. The minimum Gasteiger partial charge on any atom is -0.394 e. The van der Waals surface area contributed by atoms with Gasteiger partial charge in [-0.3, -0.25) is 4.57 Å². The number of nitrogens with two attached hydrogens (primary N) is 1. The van der Waals surface area contributed by atoms with Crippen molar-refractivity contribution in [1.29, 1.82) is 0 Å². The lowest BCUT2D eigenvalue weighted by atomic mass is 10.1. The minimum atomic E-state index is -0.875. The second kappa shape index (κ2) is 6.49. The summed E-state index contributed by atoms with van der Waals surface area (Å²) >= 11 is 0. The number of benzene rings is 1. The van der Waals surface area contributed by atoms with Gasteiger partial charge in [0.05, 0.1) is 12.7 Å². The highest BCUT2D eigenvalue weighted by Crippen LogP contribution is 2.28. The van der Waals surface area contributed by atoms with E-state index in [1.807, 2.05) is 30.3 Å². The highest BCUT2D eigenvalue weighted by atomic mass is 16.5. The Balaban J connectivity index is 1.93. The summed E-state index contributed by atoms with van der Waals surface area (Å²) in [4.78, 5) is 15.9. The topological polar surface area (TPSA) is 111 Å². The number of nitrogen functional groups attached to an aromatic ring is 1. The molecular formula is C16H19N3O4. The Kier molecular flexibility index (Phi) is 4.42. The summed E-state index contributed by atoms with van der Waals surface area (Å²) in [7, 11) is 0. The molecule has 1 saturated heterocycles. The summed E-state index contributed by atoms with van der Waals surface area (Å²) < 4.78 is 6.76. The first-order valence-electron chi connectivity index (χ1n) is 7.44. The van der Waals surface area contributed by atoms with E-state index in [0.717, 1.165) is 5.56 Å². The van der Waals surface area contributed by atoms with Gasteiger partial charge in [-0.25, -0.2) is 4.79 Å². The number of ether oxygens (including phenoxy) is 1. The molecule has 1 fully saturated rings. The lowest BCUT2D eigenvalue weighted by Gasteiger charge is -2.18. The van der Waals surface area contributed by atoms with E-state index in [9.17, 15) is 9.90 Å². The van der Waals surface area contributed by atoms with Gasteiger partial charge in [0.1, 0.15) is 11.9 Å². The van der Waals surface area contributed by atoms with Crippen LogP contribution < -0.4 is 11.4 Å². The van der Waals surface area contributed by atoms with Crippen molar-refractivity contribution in [2.45, 2.75) is 31.3 Å². The van der Waals surface area contributed by atoms with Crippen LogP contribution in [0.15, 0.2) is 41.3 Å². The second-order valence-electron chi connectivity index (χ2n) is 5.64. The molecule has 2 heterocycles. The maximum atomic E-state index is 12.1. The first kappa shape index (κ1) is 15.7. The van der Waals surface area contributed by atoms with E-state index in [1.54, 1.807) is 6.20 Å². The molecule has 1 aliphatic rings. The standard InChI is InChI=1S/C16H19N3O4/c17-14-11(6-10-4-2-1-3-5-10)8-19(16(22)18-14)15-13(21)7-12(9-20)23-15/h1-5,8,12-13,15,20-21H,6-7,9H2,(H2,17,18,22)/t12-,13+,15+/m0/s1. The summed E-state index contributed by atoms with van der Waals surface area (Å²) in [6.45, 7) is -0.207. The van der Waals surface area contributed by atoms with E-state index in [2.05, 4.69) is 4.98 Å². The van der Waals surface area contributed by atoms with Crippen LogP contribution in [0.4, 0.5) is 5.82 Å². The molecule has 122 valence electrons. The van der Waals surface area contributed by atoms with Crippen LogP contribution in [0.25, 0.3) is 0 Å². The van der Waals surface area contributed by atoms with Crippen LogP contribution in [0.5, 0.6) is 0 Å². The summed E-state index contributed by atoms with van der Waals surface area (Å²) in [5.41, 5.74) is 6.99. The molecule has 0 aliphatic carbocycles. The Morgan fingerprint density at radius 2 is 2.09 bits per heavy atom. The quantitative estimate of drug-likeness (QED) is 0.735. The van der Waals surface area contributed by atoms with Crippen LogP contribution in [0.2, 0.25) is 0 Å². The van der Waals surface area contributed by atoms with Gasteiger partial charge in [-0.15, -0.1) is 0 Å². The number of hydrogen-bond donors (Lipinski definition) is 3. The van der Waals surface area contributed by atoms with Crippen LogP contribution in [0.3, 0.4) is 0 Å². The zero-order valence-corrected chi connectivity index (χ0v) is 12.5. The van der Waals surface area contributed by atoms with E-state index in [-0.39, 0.29) is 18.8 Å². The van der Waals surface area contributed by atoms with Crippen LogP contribution in [-0.2, 0) is 11.2 Å². The number of aromatic nitrogens is 2. The highest BCUT2D eigenvalue weighted by molar-refractivity contribution is 5.40. The number of anilines is 1. The van der Waals surface area contributed by atoms with Crippen molar-refractivity contribution in [2.24, 2.45) is 0 Å². The van der Waals surface area contributed by atoms with Crippen molar-refractivity contribution in [1.82, 2.24) is 9.55 Å². The number of hydrogen-bond acceptors (Lipinski definition) is 6. The Bertz CT molecular complexity index is 732. The Morgan fingerprint density at radius 1 is 1.35 bits per heavy atom. The molecule has 0 unspecified atom stereocenters. The van der Waals surface area contributed by atoms with Crippen molar-refractivity contribution < 1.29 is 14.9 Å². The smallest absolute Gasteiger partial charge is 0.351 e. The first-order valence-corrected chi connectivity index (χ1v) is 7.44. The molecule has 0 amide bonds. The number of nitrogens with zero attached hydrogens (tertiary/aromatic N) is 2. The normalized spacial score (nSPS) is 24.0. The fraction of sp³-hybridized carbons (Fsp3) is 0.375. The van der Waals surface area contributed by atoms with Gasteiger partial charge in [-0.1, -0.05) is 30.3 Å². The first-order chi connectivity index (χ1) is 11.1. The third-order valence-corrected chi connectivity index (χ3v) is 3.94. The molecule has 0 spiro atoms. The van der Waals surface area contributed by atoms with Gasteiger partial charge in [0.15, 0.2) is 6.23 Å². The van der Waals surface area contributed by atoms with Crippen molar-refractivity contribution in [3.05, 3.63) is 58.1 Å². The molecule has 23 heavy (non-hydrogen) atoms. The monoisotopic (exact) mass is 317 g/mol. The molecule has 1 aromatic heterocycles. The molecule has 0 bridgehead atoms. The lowest BCUT2D eigenvalue weighted by Crippen LogP contribution is -2.33. The van der Waals surface area contributed by atoms with Gasteiger partial charge < -0.3 is 20.7 Å². The predicted molar refractivity (Wildman–Crippen MR) is 83.8 cm³/mol. The summed E-state index contributed by atoms with van der Waals surface area (Å²) in [5.74, 6) is 0.168. The van der Waals surface area contributed by atoms with Crippen molar-refractivity contribution in [2.75, 3.05) is 12.3 Å². The molecule has 1 aromatic carbocycles. The summed E-state index contributed by atoms with van der Waals surface area (Å²) in [6, 6.07) is 9.67. The van der Waals surface area contributed by atoms with Gasteiger partial charge in [0.2, 0.25) is 0 Å². The molecular weight excluding hydrogens is 298 g/mol. The summed E-state index contributed by atoms with van der Waals surface area (Å²) in [6.07, 6.45) is 0.142. The summed E-state index contributed by atoms with van der Waals surface area (Å²) in [5, 5.41) is 19.2. The van der Waals surface area contributed by atoms with Crippen LogP contribution in [0, 0.1) is 0 Å². The predicted octanol–water partition coefficient (Wildman–Crippen LogP) is 0.0570. The Morgan fingerprint density at radius 3 is 2.74 bits per heavy atom. The third kappa shape index (κ3) is 3.26.